The van der Waals surface area contributed by atoms with Gasteiger partial charge in [0.15, 0.2) is 18.0 Å². The molecule has 1 saturated heterocycles. The number of halogens is 1. The summed E-state index contributed by atoms with van der Waals surface area (Å²) in [4.78, 5) is 41.4. The van der Waals surface area contributed by atoms with Gasteiger partial charge in [-0.2, -0.15) is 4.98 Å². The Bertz CT molecular complexity index is 1230. The van der Waals surface area contributed by atoms with Crippen molar-refractivity contribution in [3.8, 4) is 0 Å². The molecule has 4 atom stereocenters. The van der Waals surface area contributed by atoms with E-state index in [2.05, 4.69) is 4.98 Å². The van der Waals surface area contributed by atoms with Crippen LogP contribution >= 0.6 is 0 Å². The largest absolute Gasteiger partial charge is 0.459 e. The molecule has 0 saturated carbocycles. The molecule has 2 heterocycles. The molecule has 1 unspecified atom stereocenters. The number of carbonyl (C=O) groups is 2. The van der Waals surface area contributed by atoms with Crippen LogP contribution in [0.15, 0.2) is 77.7 Å². The Morgan fingerprint density at radius 1 is 1.03 bits per heavy atom. The van der Waals surface area contributed by atoms with Crippen LogP contribution in [0.2, 0.25) is 0 Å². The second kappa shape index (κ2) is 9.56. The third-order valence-corrected chi connectivity index (χ3v) is 5.53. The van der Waals surface area contributed by atoms with Gasteiger partial charge in [0.25, 0.3) is 0 Å². The highest BCUT2D eigenvalue weighted by Crippen LogP contribution is 2.43. The van der Waals surface area contributed by atoms with E-state index in [9.17, 15) is 14.4 Å². The molecule has 1 aliphatic heterocycles. The summed E-state index contributed by atoms with van der Waals surface area (Å²) in [5.41, 5.74) is -2.08. The first-order valence-electron chi connectivity index (χ1n) is 10.7. The Hall–Kier alpha value is -3.85. The summed E-state index contributed by atoms with van der Waals surface area (Å²) in [6.45, 7) is 2.41. The molecule has 9 heteroatoms. The zero-order valence-electron chi connectivity index (χ0n) is 18.6. The molecule has 0 bridgehead atoms. The predicted molar refractivity (Wildman–Crippen MR) is 119 cm³/mol. The molecular formula is C25H23FN2O6. The molecule has 0 spiro atoms. The van der Waals surface area contributed by atoms with E-state index in [-0.39, 0.29) is 5.56 Å². The van der Waals surface area contributed by atoms with Crippen molar-refractivity contribution in [2.24, 2.45) is 0 Å². The minimum atomic E-state index is -2.34. The highest BCUT2D eigenvalue weighted by Gasteiger charge is 2.58. The van der Waals surface area contributed by atoms with Crippen LogP contribution in [-0.4, -0.2) is 46.0 Å². The van der Waals surface area contributed by atoms with Crippen LogP contribution in [0.25, 0.3) is 0 Å². The number of benzene rings is 2. The van der Waals surface area contributed by atoms with E-state index in [4.69, 9.17) is 14.2 Å². The van der Waals surface area contributed by atoms with Gasteiger partial charge >= 0.3 is 17.6 Å². The number of nitrogens with zero attached hydrogens (tertiary/aromatic N) is 2. The van der Waals surface area contributed by atoms with Crippen LogP contribution in [0.3, 0.4) is 0 Å². The lowest BCUT2D eigenvalue weighted by Gasteiger charge is -2.27. The number of hydrogen-bond acceptors (Lipinski definition) is 7. The van der Waals surface area contributed by atoms with E-state index in [0.29, 0.717) is 11.3 Å². The molecule has 4 rings (SSSR count). The molecule has 1 aliphatic rings. The van der Waals surface area contributed by atoms with Crippen molar-refractivity contribution in [3.63, 3.8) is 0 Å². The van der Waals surface area contributed by atoms with E-state index in [1.54, 1.807) is 55.5 Å². The highest BCUT2D eigenvalue weighted by atomic mass is 19.1. The first-order valence-corrected chi connectivity index (χ1v) is 10.7. The molecule has 176 valence electrons. The third kappa shape index (κ3) is 4.74. The standard InChI is InChI=1S/C25H23FN2O6/c1-16-13-14-28(24(31)27-16)23-25(2,26)20(34-22(30)18-11-7-4-8-12-18)19(33-23)15-32-21(29)17-9-5-3-6-10-17/h3-14,19-20,23H,15H2,1-2H3/t19-,20?,23-,25-/m1/s1. The van der Waals surface area contributed by atoms with E-state index in [1.165, 1.54) is 31.3 Å². The maximum absolute atomic E-state index is 16.1. The minimum absolute atomic E-state index is 0.218. The van der Waals surface area contributed by atoms with Crippen molar-refractivity contribution in [1.29, 1.82) is 0 Å². The zero-order chi connectivity index (χ0) is 24.3. The van der Waals surface area contributed by atoms with Gasteiger partial charge in [0, 0.05) is 11.9 Å². The number of ether oxygens (including phenoxy) is 3. The van der Waals surface area contributed by atoms with Crippen LogP contribution in [0.5, 0.6) is 0 Å². The summed E-state index contributed by atoms with van der Waals surface area (Å²) < 4.78 is 33.8. The lowest BCUT2D eigenvalue weighted by atomic mass is 9.98. The number of alkyl halides is 1. The lowest BCUT2D eigenvalue weighted by Crippen LogP contribution is -2.45. The van der Waals surface area contributed by atoms with Gasteiger partial charge in [-0.1, -0.05) is 36.4 Å². The van der Waals surface area contributed by atoms with Crippen molar-refractivity contribution < 1.29 is 28.2 Å². The average molecular weight is 466 g/mol. The Labute approximate surface area is 194 Å². The molecule has 0 N–H and O–H groups in total. The lowest BCUT2D eigenvalue weighted by molar-refractivity contribution is -0.0648. The molecule has 34 heavy (non-hydrogen) atoms. The number of aryl methyl sites for hydroxylation is 1. The van der Waals surface area contributed by atoms with Gasteiger partial charge in [0.05, 0.1) is 11.1 Å². The third-order valence-electron chi connectivity index (χ3n) is 5.53. The van der Waals surface area contributed by atoms with Gasteiger partial charge in [-0.25, -0.2) is 18.8 Å². The van der Waals surface area contributed by atoms with Crippen molar-refractivity contribution in [3.05, 3.63) is 100 Å². The van der Waals surface area contributed by atoms with Gasteiger partial charge in [-0.3, -0.25) is 4.57 Å². The molecule has 0 radical (unpaired) electrons. The highest BCUT2D eigenvalue weighted by molar-refractivity contribution is 5.90. The Morgan fingerprint density at radius 2 is 1.62 bits per heavy atom. The number of aromatic nitrogens is 2. The van der Waals surface area contributed by atoms with Gasteiger partial charge in [0.2, 0.25) is 0 Å². The summed E-state index contributed by atoms with van der Waals surface area (Å²) in [6.07, 6.45) is -2.74. The van der Waals surface area contributed by atoms with Crippen LogP contribution in [0.1, 0.15) is 39.6 Å². The molecule has 0 amide bonds. The molecule has 0 aliphatic carbocycles. The Balaban J connectivity index is 1.61. The molecular weight excluding hydrogens is 443 g/mol. The fourth-order valence-electron chi connectivity index (χ4n) is 3.78. The fourth-order valence-corrected chi connectivity index (χ4v) is 3.78. The second-order valence-electron chi connectivity index (χ2n) is 8.09. The maximum atomic E-state index is 16.1. The van der Waals surface area contributed by atoms with E-state index < -0.39 is 48.3 Å². The monoisotopic (exact) mass is 466 g/mol. The normalized spacial score (nSPS) is 23.9. The maximum Gasteiger partial charge on any atom is 0.349 e. The number of hydrogen-bond donors (Lipinski definition) is 0. The van der Waals surface area contributed by atoms with Gasteiger partial charge in [0.1, 0.15) is 12.7 Å². The van der Waals surface area contributed by atoms with E-state index >= 15 is 4.39 Å². The first-order chi connectivity index (χ1) is 16.3. The summed E-state index contributed by atoms with van der Waals surface area (Å²) in [7, 11) is 0. The van der Waals surface area contributed by atoms with Crippen LogP contribution < -0.4 is 5.69 Å². The summed E-state index contributed by atoms with van der Waals surface area (Å²) in [5.74, 6) is -1.41. The van der Waals surface area contributed by atoms with Crippen LogP contribution in [-0.2, 0) is 14.2 Å². The predicted octanol–water partition coefficient (Wildman–Crippen LogP) is 3.26. The number of esters is 2. The van der Waals surface area contributed by atoms with Crippen LogP contribution in [0, 0.1) is 6.92 Å². The average Bonchev–Trinajstić information content (AvgIpc) is 3.08. The SMILES string of the molecule is Cc1ccn([C@@H]2O[C@H](COC(=O)c3ccccc3)C(OC(=O)c3ccccc3)[C@@]2(C)F)c(=O)n1. The van der Waals surface area contributed by atoms with Crippen molar-refractivity contribution in [2.75, 3.05) is 6.61 Å². The minimum Gasteiger partial charge on any atom is -0.459 e. The smallest absolute Gasteiger partial charge is 0.349 e. The van der Waals surface area contributed by atoms with E-state index in [0.717, 1.165) is 4.57 Å². The molecule has 3 aromatic rings. The number of carbonyl (C=O) groups excluding carboxylic acids is 2. The van der Waals surface area contributed by atoms with Gasteiger partial charge in [-0.15, -0.1) is 0 Å². The van der Waals surface area contributed by atoms with Crippen LogP contribution in [0.4, 0.5) is 4.39 Å². The zero-order valence-corrected chi connectivity index (χ0v) is 18.6. The van der Waals surface area contributed by atoms with Crippen molar-refractivity contribution in [2.45, 2.75) is 38.0 Å². The molecule has 2 aromatic carbocycles. The summed E-state index contributed by atoms with van der Waals surface area (Å²) >= 11 is 0. The molecule has 8 nitrogen and oxygen atoms in total. The summed E-state index contributed by atoms with van der Waals surface area (Å²) in [6, 6.07) is 17.9. The molecule has 1 fully saturated rings. The van der Waals surface area contributed by atoms with Gasteiger partial charge < -0.3 is 14.2 Å². The number of rotatable bonds is 6. The Kier molecular flexibility index (Phi) is 6.56. The second-order valence-corrected chi connectivity index (χ2v) is 8.09. The topological polar surface area (TPSA) is 96.7 Å². The Morgan fingerprint density at radius 3 is 2.21 bits per heavy atom. The van der Waals surface area contributed by atoms with E-state index in [1.807, 2.05) is 0 Å². The summed E-state index contributed by atoms with van der Waals surface area (Å²) in [5, 5.41) is 0. The fraction of sp³-hybridized carbons (Fsp3) is 0.280. The van der Waals surface area contributed by atoms with Gasteiger partial charge in [-0.05, 0) is 44.2 Å². The van der Waals surface area contributed by atoms with Crippen molar-refractivity contribution in [1.82, 2.24) is 9.55 Å². The first kappa shape index (κ1) is 23.3. The molecule has 1 aromatic heterocycles. The quantitative estimate of drug-likeness (QED) is 0.515. The van der Waals surface area contributed by atoms with Crippen molar-refractivity contribution >= 4 is 11.9 Å².